The lowest BCUT2D eigenvalue weighted by molar-refractivity contribution is 0.0766. The van der Waals surface area contributed by atoms with Crippen molar-refractivity contribution in [2.24, 2.45) is 5.92 Å². The van der Waals surface area contributed by atoms with Gasteiger partial charge in [-0.05, 0) is 36.6 Å². The van der Waals surface area contributed by atoms with Gasteiger partial charge in [0.15, 0.2) is 5.82 Å². The van der Waals surface area contributed by atoms with Crippen LogP contribution in [-0.4, -0.2) is 52.0 Å². The monoisotopic (exact) mass is 416 g/mol. The first-order valence-electron chi connectivity index (χ1n) is 11.0. The molecule has 0 N–H and O–H groups in total. The van der Waals surface area contributed by atoms with Crippen molar-refractivity contribution in [2.75, 3.05) is 26.2 Å². The number of aromatic nitrogens is 2. The Labute approximate surface area is 182 Å². The maximum Gasteiger partial charge on any atom is 0.253 e. The number of amides is 1. The summed E-state index contributed by atoms with van der Waals surface area (Å²) in [6.45, 7) is 7.96. The third-order valence-electron chi connectivity index (χ3n) is 6.78. The van der Waals surface area contributed by atoms with Crippen LogP contribution in [0.3, 0.4) is 0 Å². The summed E-state index contributed by atoms with van der Waals surface area (Å²) in [4.78, 5) is 22.2. The minimum atomic E-state index is -0.310. The molecule has 31 heavy (non-hydrogen) atoms. The van der Waals surface area contributed by atoms with Crippen molar-refractivity contribution in [2.45, 2.75) is 32.2 Å². The molecule has 1 amide bonds. The van der Waals surface area contributed by atoms with Gasteiger partial charge in [0.25, 0.3) is 5.91 Å². The standard InChI is InChI=1S/C25H28N4O2/c1-3-19-9-11-20(12-10-19)13-28-14-22-15-29(23(30)21-7-5-4-6-8-21)17-25(22,16-28)24-26-18(2)27-31-24/h4-12,22H,3,13-17H2,1-2H3. The molecule has 2 fully saturated rings. The second-order valence-corrected chi connectivity index (χ2v) is 8.89. The molecule has 0 bridgehead atoms. The van der Waals surface area contributed by atoms with Crippen molar-refractivity contribution in [3.8, 4) is 0 Å². The molecule has 2 aliphatic rings. The molecule has 0 saturated carbocycles. The molecule has 2 aliphatic heterocycles. The molecule has 2 atom stereocenters. The first kappa shape index (κ1) is 19.9. The normalized spacial score (nSPS) is 23.3. The number of carbonyl (C=O) groups excluding carboxylic acids is 1. The van der Waals surface area contributed by atoms with E-state index in [4.69, 9.17) is 4.52 Å². The summed E-state index contributed by atoms with van der Waals surface area (Å²) in [6.07, 6.45) is 1.05. The van der Waals surface area contributed by atoms with E-state index < -0.39 is 0 Å². The fourth-order valence-corrected chi connectivity index (χ4v) is 5.15. The van der Waals surface area contributed by atoms with Gasteiger partial charge in [0.1, 0.15) is 0 Å². The predicted octanol–water partition coefficient (Wildman–Crippen LogP) is 3.47. The lowest BCUT2D eigenvalue weighted by Gasteiger charge is -2.26. The second kappa shape index (κ2) is 7.93. The Bertz CT molecular complexity index is 1060. The van der Waals surface area contributed by atoms with Crippen molar-refractivity contribution in [1.82, 2.24) is 19.9 Å². The summed E-state index contributed by atoms with van der Waals surface area (Å²) in [5.74, 6) is 1.66. The molecule has 2 unspecified atom stereocenters. The van der Waals surface area contributed by atoms with Gasteiger partial charge >= 0.3 is 0 Å². The summed E-state index contributed by atoms with van der Waals surface area (Å²) in [7, 11) is 0. The Morgan fingerprint density at radius 1 is 1.06 bits per heavy atom. The average molecular weight is 417 g/mol. The van der Waals surface area contributed by atoms with Gasteiger partial charge in [-0.2, -0.15) is 4.98 Å². The minimum absolute atomic E-state index is 0.0762. The van der Waals surface area contributed by atoms with Crippen LogP contribution in [0.1, 0.15) is 40.1 Å². The number of nitrogens with zero attached hydrogens (tertiary/aromatic N) is 4. The molecular weight excluding hydrogens is 388 g/mol. The zero-order chi connectivity index (χ0) is 21.4. The number of hydrogen-bond donors (Lipinski definition) is 0. The van der Waals surface area contributed by atoms with Crippen molar-refractivity contribution < 1.29 is 9.32 Å². The molecule has 2 aromatic carbocycles. The van der Waals surface area contributed by atoms with Gasteiger partial charge in [-0.1, -0.05) is 54.5 Å². The Morgan fingerprint density at radius 2 is 1.81 bits per heavy atom. The highest BCUT2D eigenvalue weighted by atomic mass is 16.5. The van der Waals surface area contributed by atoms with Crippen LogP contribution in [-0.2, 0) is 18.4 Å². The molecule has 160 valence electrons. The van der Waals surface area contributed by atoms with E-state index in [-0.39, 0.29) is 17.2 Å². The second-order valence-electron chi connectivity index (χ2n) is 8.89. The van der Waals surface area contributed by atoms with Gasteiger partial charge in [0.05, 0.1) is 5.41 Å². The quantitative estimate of drug-likeness (QED) is 0.637. The first-order chi connectivity index (χ1) is 15.1. The van der Waals surface area contributed by atoms with Crippen molar-refractivity contribution in [3.63, 3.8) is 0 Å². The molecule has 3 heterocycles. The van der Waals surface area contributed by atoms with Crippen LogP contribution in [0.25, 0.3) is 0 Å². The molecular formula is C25H28N4O2. The lowest BCUT2D eigenvalue weighted by atomic mass is 9.81. The molecule has 5 rings (SSSR count). The summed E-state index contributed by atoms with van der Waals surface area (Å²) in [5, 5.41) is 4.06. The van der Waals surface area contributed by atoms with E-state index in [2.05, 4.69) is 46.2 Å². The Morgan fingerprint density at radius 3 is 2.48 bits per heavy atom. The van der Waals surface area contributed by atoms with Gasteiger partial charge < -0.3 is 9.42 Å². The van der Waals surface area contributed by atoms with Gasteiger partial charge in [-0.15, -0.1) is 0 Å². The van der Waals surface area contributed by atoms with Crippen LogP contribution < -0.4 is 0 Å². The number of rotatable bonds is 5. The summed E-state index contributed by atoms with van der Waals surface area (Å²) in [5.41, 5.74) is 3.09. The molecule has 2 saturated heterocycles. The fraction of sp³-hybridized carbons (Fsp3) is 0.400. The SMILES string of the molecule is CCc1ccc(CN2CC3CN(C(=O)c4ccccc4)CC3(c3nc(C)no3)C2)cc1. The van der Waals surface area contributed by atoms with Crippen LogP contribution in [0.5, 0.6) is 0 Å². The minimum Gasteiger partial charge on any atom is -0.339 e. The number of aryl methyl sites for hydroxylation is 2. The van der Waals surface area contributed by atoms with Gasteiger partial charge in [0, 0.05) is 44.2 Å². The van der Waals surface area contributed by atoms with E-state index in [1.807, 2.05) is 42.2 Å². The molecule has 1 aromatic heterocycles. The van der Waals surface area contributed by atoms with Crippen molar-refractivity contribution in [1.29, 1.82) is 0 Å². The molecule has 6 nitrogen and oxygen atoms in total. The van der Waals surface area contributed by atoms with E-state index >= 15 is 0 Å². The zero-order valence-corrected chi connectivity index (χ0v) is 18.1. The largest absolute Gasteiger partial charge is 0.339 e. The Hall–Kier alpha value is -2.99. The van der Waals surface area contributed by atoms with Crippen LogP contribution in [0.4, 0.5) is 0 Å². The Balaban J connectivity index is 1.39. The van der Waals surface area contributed by atoms with Crippen molar-refractivity contribution >= 4 is 5.91 Å². The zero-order valence-electron chi connectivity index (χ0n) is 18.1. The third-order valence-corrected chi connectivity index (χ3v) is 6.78. The number of benzene rings is 2. The van der Waals surface area contributed by atoms with Crippen molar-refractivity contribution in [3.05, 3.63) is 83.0 Å². The highest BCUT2D eigenvalue weighted by Gasteiger charge is 2.57. The van der Waals surface area contributed by atoms with Gasteiger partial charge in [0.2, 0.25) is 5.89 Å². The van der Waals surface area contributed by atoms with Crippen LogP contribution in [0, 0.1) is 12.8 Å². The van der Waals surface area contributed by atoms with E-state index in [1.54, 1.807) is 0 Å². The van der Waals surface area contributed by atoms with Crippen LogP contribution in [0.15, 0.2) is 59.1 Å². The van der Waals surface area contributed by atoms with E-state index in [1.165, 1.54) is 11.1 Å². The number of fused-ring (bicyclic) bond motifs is 1. The maximum atomic E-state index is 13.1. The highest BCUT2D eigenvalue weighted by Crippen LogP contribution is 2.45. The summed E-state index contributed by atoms with van der Waals surface area (Å²) in [6, 6.07) is 18.4. The van der Waals surface area contributed by atoms with Crippen LogP contribution in [0.2, 0.25) is 0 Å². The van der Waals surface area contributed by atoms with Gasteiger partial charge in [-0.25, -0.2) is 0 Å². The Kier molecular flexibility index (Phi) is 5.10. The molecule has 0 radical (unpaired) electrons. The fourth-order valence-electron chi connectivity index (χ4n) is 5.15. The molecule has 3 aromatic rings. The van der Waals surface area contributed by atoms with E-state index in [9.17, 15) is 4.79 Å². The third kappa shape index (κ3) is 3.65. The smallest absolute Gasteiger partial charge is 0.253 e. The summed E-state index contributed by atoms with van der Waals surface area (Å²) < 4.78 is 5.69. The summed E-state index contributed by atoms with van der Waals surface area (Å²) >= 11 is 0. The lowest BCUT2D eigenvalue weighted by Crippen LogP contribution is -2.40. The highest BCUT2D eigenvalue weighted by molar-refractivity contribution is 5.94. The number of carbonyl (C=O) groups is 1. The number of likely N-dealkylation sites (tertiary alicyclic amines) is 2. The topological polar surface area (TPSA) is 62.5 Å². The van der Waals surface area contributed by atoms with Crippen LogP contribution >= 0.6 is 0 Å². The predicted molar refractivity (Wildman–Crippen MR) is 118 cm³/mol. The average Bonchev–Trinajstić information content (AvgIpc) is 3.47. The van der Waals surface area contributed by atoms with E-state index in [0.29, 0.717) is 24.8 Å². The molecule has 6 heteroatoms. The first-order valence-corrected chi connectivity index (χ1v) is 11.0. The van der Waals surface area contributed by atoms with Gasteiger partial charge in [-0.3, -0.25) is 9.69 Å². The molecule has 0 spiro atoms. The van der Waals surface area contributed by atoms with E-state index in [0.717, 1.165) is 31.6 Å². The number of hydrogen-bond acceptors (Lipinski definition) is 5. The molecule has 0 aliphatic carbocycles. The maximum absolute atomic E-state index is 13.1.